The Labute approximate surface area is 174 Å². The molecule has 3 N–H and O–H groups in total. The Balaban J connectivity index is 1.50. The molecule has 1 aliphatic heterocycles. The minimum atomic E-state index is -0.333. The predicted molar refractivity (Wildman–Crippen MR) is 113 cm³/mol. The van der Waals surface area contributed by atoms with Crippen LogP contribution in [0, 0.1) is 12.7 Å². The molecule has 2 aromatic heterocycles. The van der Waals surface area contributed by atoms with Crippen molar-refractivity contribution in [3.63, 3.8) is 0 Å². The molecule has 1 saturated heterocycles. The zero-order valence-electron chi connectivity index (χ0n) is 16.7. The third-order valence-corrected chi connectivity index (χ3v) is 5.16. The summed E-state index contributed by atoms with van der Waals surface area (Å²) in [6, 6.07) is 9.83. The molecule has 1 amide bonds. The number of nitrogens with zero attached hydrogens (tertiary/aromatic N) is 4. The van der Waals surface area contributed by atoms with Crippen LogP contribution in [0.2, 0.25) is 0 Å². The molecule has 0 unspecified atom stereocenters. The first-order valence-electron chi connectivity index (χ1n) is 9.84. The molecule has 154 valence electrons. The summed E-state index contributed by atoms with van der Waals surface area (Å²) < 4.78 is 13.1. The van der Waals surface area contributed by atoms with Crippen molar-refractivity contribution < 1.29 is 9.18 Å². The maximum atomic E-state index is 13.1. The van der Waals surface area contributed by atoms with Gasteiger partial charge in [0.15, 0.2) is 0 Å². The van der Waals surface area contributed by atoms with Gasteiger partial charge in [-0.3, -0.25) is 14.7 Å². The number of hydrogen-bond acceptors (Lipinski definition) is 6. The van der Waals surface area contributed by atoms with Crippen LogP contribution in [0.25, 0.3) is 11.1 Å². The summed E-state index contributed by atoms with van der Waals surface area (Å²) in [5, 5.41) is 2.83. The van der Waals surface area contributed by atoms with E-state index in [-0.39, 0.29) is 30.3 Å². The standard InChI is InChI=1S/C22H23FN6O/c1-14-9-15(16-11-25-22(24)26-12-16)10-19(27-14)20-3-2-8-29(20)13-21(30)28-18-6-4-17(23)5-7-18/h4-7,9-12,20H,2-3,8,13H2,1H3,(H,28,30)(H2,24,25,26)/t20-/m1/s1. The van der Waals surface area contributed by atoms with Crippen molar-refractivity contribution in [2.24, 2.45) is 0 Å². The van der Waals surface area contributed by atoms with Gasteiger partial charge in [0.05, 0.1) is 18.3 Å². The highest BCUT2D eigenvalue weighted by molar-refractivity contribution is 5.92. The predicted octanol–water partition coefficient (Wildman–Crippen LogP) is 3.34. The van der Waals surface area contributed by atoms with Gasteiger partial charge in [-0.2, -0.15) is 0 Å². The molecule has 0 spiro atoms. The number of carbonyl (C=O) groups excluding carboxylic acids is 1. The number of amides is 1. The van der Waals surface area contributed by atoms with E-state index in [4.69, 9.17) is 10.7 Å². The largest absolute Gasteiger partial charge is 0.368 e. The van der Waals surface area contributed by atoms with Crippen LogP contribution in [0.15, 0.2) is 48.8 Å². The van der Waals surface area contributed by atoms with E-state index in [1.807, 2.05) is 19.1 Å². The number of nitrogens with one attached hydrogen (secondary N) is 1. The van der Waals surface area contributed by atoms with Crippen molar-refractivity contribution in [1.29, 1.82) is 0 Å². The lowest BCUT2D eigenvalue weighted by Gasteiger charge is -2.24. The van der Waals surface area contributed by atoms with Gasteiger partial charge < -0.3 is 11.1 Å². The van der Waals surface area contributed by atoms with Crippen LogP contribution < -0.4 is 11.1 Å². The fourth-order valence-corrected chi connectivity index (χ4v) is 3.79. The lowest BCUT2D eigenvalue weighted by Crippen LogP contribution is -2.33. The first-order valence-corrected chi connectivity index (χ1v) is 9.84. The van der Waals surface area contributed by atoms with Gasteiger partial charge in [0.2, 0.25) is 11.9 Å². The Hall–Kier alpha value is -3.39. The van der Waals surface area contributed by atoms with Crippen LogP contribution in [0.1, 0.15) is 30.3 Å². The Morgan fingerprint density at radius 3 is 2.67 bits per heavy atom. The highest BCUT2D eigenvalue weighted by Crippen LogP contribution is 2.33. The summed E-state index contributed by atoms with van der Waals surface area (Å²) in [5.41, 5.74) is 9.83. The van der Waals surface area contributed by atoms with Gasteiger partial charge in [-0.05, 0) is 68.3 Å². The Morgan fingerprint density at radius 1 is 1.20 bits per heavy atom. The average molecular weight is 406 g/mol. The number of aryl methyl sites for hydroxylation is 1. The number of aromatic nitrogens is 3. The number of anilines is 2. The van der Waals surface area contributed by atoms with Crippen LogP contribution in [-0.2, 0) is 4.79 Å². The second kappa shape index (κ2) is 8.54. The smallest absolute Gasteiger partial charge is 0.238 e. The lowest BCUT2D eigenvalue weighted by atomic mass is 10.0. The number of nitrogens with two attached hydrogens (primary N) is 1. The number of pyridine rings is 1. The van der Waals surface area contributed by atoms with Crippen molar-refractivity contribution in [2.75, 3.05) is 24.1 Å². The van der Waals surface area contributed by atoms with Crippen molar-refractivity contribution in [1.82, 2.24) is 19.9 Å². The molecule has 0 bridgehead atoms. The number of hydrogen-bond donors (Lipinski definition) is 2. The van der Waals surface area contributed by atoms with Gasteiger partial charge in [-0.25, -0.2) is 14.4 Å². The van der Waals surface area contributed by atoms with E-state index in [0.717, 1.165) is 41.9 Å². The Bertz CT molecular complexity index is 1040. The van der Waals surface area contributed by atoms with Crippen molar-refractivity contribution in [3.8, 4) is 11.1 Å². The summed E-state index contributed by atoms with van der Waals surface area (Å²) >= 11 is 0. The number of nitrogen functional groups attached to an aromatic ring is 1. The summed E-state index contributed by atoms with van der Waals surface area (Å²) in [6.07, 6.45) is 5.31. The van der Waals surface area contributed by atoms with Crippen LogP contribution >= 0.6 is 0 Å². The summed E-state index contributed by atoms with van der Waals surface area (Å²) in [7, 11) is 0. The number of benzene rings is 1. The van der Waals surface area contributed by atoms with E-state index in [1.165, 1.54) is 12.1 Å². The van der Waals surface area contributed by atoms with Crippen LogP contribution in [-0.4, -0.2) is 38.8 Å². The fourth-order valence-electron chi connectivity index (χ4n) is 3.79. The van der Waals surface area contributed by atoms with Crippen molar-refractivity contribution >= 4 is 17.5 Å². The van der Waals surface area contributed by atoms with Gasteiger partial charge in [-0.1, -0.05) is 0 Å². The number of carbonyl (C=O) groups is 1. The Kier molecular flexibility index (Phi) is 5.67. The molecule has 1 aromatic carbocycles. The molecule has 0 aliphatic carbocycles. The maximum Gasteiger partial charge on any atom is 0.238 e. The third kappa shape index (κ3) is 4.60. The first-order chi connectivity index (χ1) is 14.5. The van der Waals surface area contributed by atoms with E-state index in [1.54, 1.807) is 24.5 Å². The zero-order valence-corrected chi connectivity index (χ0v) is 16.7. The molecule has 1 aliphatic rings. The molecule has 7 nitrogen and oxygen atoms in total. The minimum Gasteiger partial charge on any atom is -0.368 e. The SMILES string of the molecule is Cc1cc(-c2cnc(N)nc2)cc([C@H]2CCCN2CC(=O)Nc2ccc(F)cc2)n1. The second-order valence-corrected chi connectivity index (χ2v) is 7.44. The summed E-state index contributed by atoms with van der Waals surface area (Å²) in [5.74, 6) is -0.229. The highest BCUT2D eigenvalue weighted by Gasteiger charge is 2.29. The quantitative estimate of drug-likeness (QED) is 0.675. The first kappa shape index (κ1) is 19.9. The average Bonchev–Trinajstić information content (AvgIpc) is 3.18. The van der Waals surface area contributed by atoms with E-state index in [9.17, 15) is 9.18 Å². The molecule has 1 fully saturated rings. The molecule has 0 saturated carbocycles. The van der Waals surface area contributed by atoms with E-state index in [2.05, 4.69) is 20.2 Å². The van der Waals surface area contributed by atoms with Crippen LogP contribution in [0.4, 0.5) is 16.0 Å². The van der Waals surface area contributed by atoms with Gasteiger partial charge in [-0.15, -0.1) is 0 Å². The van der Waals surface area contributed by atoms with Crippen molar-refractivity contribution in [3.05, 3.63) is 66.0 Å². The summed E-state index contributed by atoms with van der Waals surface area (Å²) in [6.45, 7) is 3.01. The van der Waals surface area contributed by atoms with E-state index in [0.29, 0.717) is 5.69 Å². The minimum absolute atomic E-state index is 0.0531. The molecular weight excluding hydrogens is 383 g/mol. The molecule has 3 heterocycles. The van der Waals surface area contributed by atoms with Crippen LogP contribution in [0.3, 0.4) is 0 Å². The normalized spacial score (nSPS) is 16.5. The monoisotopic (exact) mass is 406 g/mol. The number of likely N-dealkylation sites (tertiary alicyclic amines) is 1. The second-order valence-electron chi connectivity index (χ2n) is 7.44. The maximum absolute atomic E-state index is 13.1. The molecule has 1 atom stereocenters. The van der Waals surface area contributed by atoms with E-state index >= 15 is 0 Å². The Morgan fingerprint density at radius 2 is 1.93 bits per heavy atom. The fraction of sp³-hybridized carbons (Fsp3) is 0.273. The third-order valence-electron chi connectivity index (χ3n) is 5.16. The number of rotatable bonds is 5. The van der Waals surface area contributed by atoms with E-state index < -0.39 is 0 Å². The van der Waals surface area contributed by atoms with Gasteiger partial charge in [0.25, 0.3) is 0 Å². The van der Waals surface area contributed by atoms with Gasteiger partial charge >= 0.3 is 0 Å². The van der Waals surface area contributed by atoms with Gasteiger partial charge in [0, 0.05) is 29.3 Å². The molecule has 0 radical (unpaired) electrons. The molecule has 30 heavy (non-hydrogen) atoms. The van der Waals surface area contributed by atoms with Crippen molar-refractivity contribution in [2.45, 2.75) is 25.8 Å². The molecule has 4 rings (SSSR count). The van der Waals surface area contributed by atoms with Gasteiger partial charge in [0.1, 0.15) is 5.82 Å². The highest BCUT2D eigenvalue weighted by atomic mass is 19.1. The molecule has 8 heteroatoms. The molecule has 3 aromatic rings. The zero-order chi connectivity index (χ0) is 21.1. The molecular formula is C22H23FN6O. The number of halogens is 1. The summed E-state index contributed by atoms with van der Waals surface area (Å²) in [4.78, 5) is 27.5. The lowest BCUT2D eigenvalue weighted by molar-refractivity contribution is -0.117. The topological polar surface area (TPSA) is 97.0 Å². The van der Waals surface area contributed by atoms with Crippen LogP contribution in [0.5, 0.6) is 0 Å².